The van der Waals surface area contributed by atoms with Gasteiger partial charge in [0.05, 0.1) is 21.2 Å². The van der Waals surface area contributed by atoms with Crippen molar-refractivity contribution in [3.63, 3.8) is 0 Å². The maximum atomic E-state index is 13.1. The number of amides is 1. The molecule has 1 fully saturated rings. The number of carbonyl (C=O) groups is 1. The molecule has 0 aliphatic carbocycles. The van der Waals surface area contributed by atoms with Gasteiger partial charge in [0.15, 0.2) is 5.82 Å². The molecule has 12 heteroatoms. The minimum absolute atomic E-state index is 0.0119. The fourth-order valence-corrected chi connectivity index (χ4v) is 5.20. The summed E-state index contributed by atoms with van der Waals surface area (Å²) in [6.45, 7) is 0.0238. The number of nitrogens with one attached hydrogen (secondary N) is 1. The molecule has 1 amide bonds. The number of anilines is 2. The molecule has 3 rings (SSSR count). The average Bonchev–Trinajstić information content (AvgIpc) is 2.73. The lowest BCUT2D eigenvalue weighted by Crippen LogP contribution is -2.41. The lowest BCUT2D eigenvalue weighted by atomic mass is 9.97. The lowest BCUT2D eigenvalue weighted by molar-refractivity contribution is -0.137. The molecule has 0 saturated carbocycles. The molecule has 7 nitrogen and oxygen atoms in total. The van der Waals surface area contributed by atoms with E-state index in [4.69, 9.17) is 11.6 Å². The van der Waals surface area contributed by atoms with Crippen molar-refractivity contribution in [2.45, 2.75) is 23.9 Å². The van der Waals surface area contributed by atoms with Crippen LogP contribution in [0, 0.1) is 5.92 Å². The number of alkyl halides is 3. The van der Waals surface area contributed by atoms with E-state index in [1.54, 1.807) is 37.3 Å². The quantitative estimate of drug-likeness (QED) is 0.688. The molecule has 0 bridgehead atoms. The summed E-state index contributed by atoms with van der Waals surface area (Å²) in [5, 5.41) is 2.26. The van der Waals surface area contributed by atoms with Crippen LogP contribution in [0.5, 0.6) is 0 Å². The topological polar surface area (TPSA) is 82.6 Å². The molecule has 0 radical (unpaired) electrons. The van der Waals surface area contributed by atoms with Crippen molar-refractivity contribution in [3.8, 4) is 0 Å². The van der Waals surface area contributed by atoms with Gasteiger partial charge in [-0.1, -0.05) is 11.6 Å². The summed E-state index contributed by atoms with van der Waals surface area (Å²) < 4.78 is 66.2. The van der Waals surface area contributed by atoms with Gasteiger partial charge in [-0.3, -0.25) is 4.79 Å². The van der Waals surface area contributed by atoms with Crippen molar-refractivity contribution in [1.29, 1.82) is 0 Å². The fourth-order valence-electron chi connectivity index (χ4n) is 3.48. The summed E-state index contributed by atoms with van der Waals surface area (Å²) in [4.78, 5) is 18.2. The molecule has 2 aromatic rings. The number of rotatable bonds is 5. The first-order chi connectivity index (χ1) is 14.9. The van der Waals surface area contributed by atoms with E-state index in [0.717, 1.165) is 16.4 Å². The Kier molecular flexibility index (Phi) is 7.01. The predicted molar refractivity (Wildman–Crippen MR) is 115 cm³/mol. The van der Waals surface area contributed by atoms with Gasteiger partial charge in [0.25, 0.3) is 0 Å². The molecule has 1 aliphatic heterocycles. The maximum Gasteiger partial charge on any atom is 0.417 e. The summed E-state index contributed by atoms with van der Waals surface area (Å²) in [7, 11) is -0.573. The number of nitrogens with zero attached hydrogens (tertiary/aromatic N) is 3. The minimum Gasteiger partial charge on any atom is -0.361 e. The lowest BCUT2D eigenvalue weighted by Gasteiger charge is -2.31. The molecule has 1 aliphatic rings. The standard InChI is InChI=1S/C20H22ClF3N4O3S/c1-27(2)18-17(4-3-9-25-18)26-19(29)13-7-10-28(11-8-13)32(30,31)14-5-6-16(21)15(12-14)20(22,23)24/h3-6,9,12-13H,7-8,10-11H2,1-2H3,(H,26,29). The number of piperidine rings is 1. The highest BCUT2D eigenvalue weighted by Gasteiger charge is 2.37. The molecule has 32 heavy (non-hydrogen) atoms. The van der Waals surface area contributed by atoms with Crippen LogP contribution in [0.4, 0.5) is 24.7 Å². The highest BCUT2D eigenvalue weighted by molar-refractivity contribution is 7.89. The fraction of sp³-hybridized carbons (Fsp3) is 0.400. The molecule has 0 spiro atoms. The van der Waals surface area contributed by atoms with Gasteiger partial charge in [-0.15, -0.1) is 0 Å². The Morgan fingerprint density at radius 2 is 1.88 bits per heavy atom. The zero-order chi connectivity index (χ0) is 23.7. The van der Waals surface area contributed by atoms with Gasteiger partial charge in [-0.25, -0.2) is 13.4 Å². The molecule has 0 atom stereocenters. The second-order valence-electron chi connectivity index (χ2n) is 7.58. The van der Waals surface area contributed by atoms with Crippen molar-refractivity contribution in [2.75, 3.05) is 37.4 Å². The van der Waals surface area contributed by atoms with E-state index in [0.29, 0.717) is 17.6 Å². The highest BCUT2D eigenvalue weighted by atomic mass is 35.5. The molecule has 1 aromatic carbocycles. The van der Waals surface area contributed by atoms with E-state index in [9.17, 15) is 26.4 Å². The number of benzene rings is 1. The van der Waals surface area contributed by atoms with Crippen molar-refractivity contribution < 1.29 is 26.4 Å². The van der Waals surface area contributed by atoms with Crippen LogP contribution < -0.4 is 10.2 Å². The number of carbonyl (C=O) groups excluding carboxylic acids is 1. The van der Waals surface area contributed by atoms with Gasteiger partial charge < -0.3 is 10.2 Å². The van der Waals surface area contributed by atoms with Gasteiger partial charge in [0.1, 0.15) is 0 Å². The number of aromatic nitrogens is 1. The number of hydrogen-bond acceptors (Lipinski definition) is 5. The van der Waals surface area contributed by atoms with Crippen LogP contribution in [0.25, 0.3) is 0 Å². The normalized spacial score (nSPS) is 16.1. The first-order valence-electron chi connectivity index (χ1n) is 9.71. The van der Waals surface area contributed by atoms with Crippen LogP contribution in [0.2, 0.25) is 5.02 Å². The monoisotopic (exact) mass is 490 g/mol. The predicted octanol–water partition coefficient (Wildman–Crippen LogP) is 3.86. The Bertz CT molecular complexity index is 1100. The number of hydrogen-bond donors (Lipinski definition) is 1. The van der Waals surface area contributed by atoms with E-state index in [1.165, 1.54) is 0 Å². The molecular formula is C20H22ClF3N4O3S. The molecule has 2 heterocycles. The van der Waals surface area contributed by atoms with Crippen LogP contribution in [0.15, 0.2) is 41.4 Å². The number of sulfonamides is 1. The highest BCUT2D eigenvalue weighted by Crippen LogP contribution is 2.37. The van der Waals surface area contributed by atoms with Crippen LogP contribution in [-0.4, -0.2) is 50.8 Å². The Morgan fingerprint density at radius 3 is 2.47 bits per heavy atom. The van der Waals surface area contributed by atoms with Crippen LogP contribution in [-0.2, 0) is 21.0 Å². The van der Waals surface area contributed by atoms with Gasteiger partial charge in [-0.05, 0) is 43.2 Å². The molecule has 1 saturated heterocycles. The zero-order valence-corrected chi connectivity index (χ0v) is 18.9. The third kappa shape index (κ3) is 5.16. The minimum atomic E-state index is -4.77. The molecular weight excluding hydrogens is 469 g/mol. The SMILES string of the molecule is CN(C)c1ncccc1NC(=O)C1CCN(S(=O)(=O)c2ccc(Cl)c(C(F)(F)F)c2)CC1. The van der Waals surface area contributed by atoms with Gasteiger partial charge in [0, 0.05) is 39.3 Å². The summed E-state index contributed by atoms with van der Waals surface area (Å²) >= 11 is 5.59. The van der Waals surface area contributed by atoms with E-state index >= 15 is 0 Å². The summed E-state index contributed by atoms with van der Waals surface area (Å²) in [6, 6.07) is 5.93. The van der Waals surface area contributed by atoms with E-state index in [-0.39, 0.29) is 31.8 Å². The van der Waals surface area contributed by atoms with Crippen molar-refractivity contribution >= 4 is 39.0 Å². The Balaban J connectivity index is 1.70. The van der Waals surface area contributed by atoms with Crippen LogP contribution in [0.1, 0.15) is 18.4 Å². The third-order valence-electron chi connectivity index (χ3n) is 5.17. The van der Waals surface area contributed by atoms with Crippen LogP contribution in [0.3, 0.4) is 0 Å². The zero-order valence-electron chi connectivity index (χ0n) is 17.4. The third-order valence-corrected chi connectivity index (χ3v) is 7.40. The average molecular weight is 491 g/mol. The molecule has 1 aromatic heterocycles. The Hall–Kier alpha value is -2.37. The second kappa shape index (κ2) is 9.24. The van der Waals surface area contributed by atoms with E-state index in [2.05, 4.69) is 10.3 Å². The van der Waals surface area contributed by atoms with Crippen molar-refractivity contribution in [2.24, 2.45) is 5.92 Å². The largest absolute Gasteiger partial charge is 0.417 e. The van der Waals surface area contributed by atoms with E-state index < -0.39 is 37.6 Å². The van der Waals surface area contributed by atoms with Crippen LogP contribution >= 0.6 is 11.6 Å². The second-order valence-corrected chi connectivity index (χ2v) is 9.92. The number of pyridine rings is 1. The van der Waals surface area contributed by atoms with E-state index in [1.807, 2.05) is 0 Å². The maximum absolute atomic E-state index is 13.1. The Morgan fingerprint density at radius 1 is 1.22 bits per heavy atom. The summed E-state index contributed by atoms with van der Waals surface area (Å²) in [5.41, 5.74) is -0.666. The van der Waals surface area contributed by atoms with Crippen molar-refractivity contribution in [3.05, 3.63) is 47.1 Å². The first-order valence-corrected chi connectivity index (χ1v) is 11.5. The van der Waals surface area contributed by atoms with Gasteiger partial charge in [0.2, 0.25) is 15.9 Å². The first kappa shape index (κ1) is 24.3. The molecule has 1 N–H and O–H groups in total. The molecule has 174 valence electrons. The number of halogens is 4. The summed E-state index contributed by atoms with van der Waals surface area (Å²) in [6.07, 6.45) is -2.69. The smallest absolute Gasteiger partial charge is 0.361 e. The summed E-state index contributed by atoms with van der Waals surface area (Å²) in [5.74, 6) is -0.110. The van der Waals surface area contributed by atoms with Crippen molar-refractivity contribution in [1.82, 2.24) is 9.29 Å². The Labute approximate surface area is 189 Å². The van der Waals surface area contributed by atoms with Gasteiger partial charge in [-0.2, -0.15) is 17.5 Å². The van der Waals surface area contributed by atoms with Gasteiger partial charge >= 0.3 is 6.18 Å². The molecule has 0 unspecified atom stereocenters.